The molecule has 6 heterocycles. The normalized spacial score (nSPS) is 22.2. The average molecular weight is 1340 g/mol. The molecule has 4 aromatic carbocycles. The molecule has 0 saturated carbocycles. The van der Waals surface area contributed by atoms with Crippen molar-refractivity contribution in [3.05, 3.63) is 96.1 Å². The lowest BCUT2D eigenvalue weighted by atomic mass is 10.0. The highest BCUT2D eigenvalue weighted by Gasteiger charge is 2.46. The van der Waals surface area contributed by atoms with Gasteiger partial charge in [-0.2, -0.15) is 8.61 Å². The van der Waals surface area contributed by atoms with Crippen molar-refractivity contribution in [3.8, 4) is 34.5 Å². The zero-order valence-electron chi connectivity index (χ0n) is 53.7. The number of phenols is 1. The van der Waals surface area contributed by atoms with Crippen LogP contribution >= 0.6 is 0 Å². The Morgan fingerprint density at radius 2 is 1.02 bits per heavy atom. The van der Waals surface area contributed by atoms with Crippen molar-refractivity contribution >= 4 is 40.6 Å². The molecule has 0 radical (unpaired) electrons. The molecule has 28 heteroatoms. The monoisotopic (exact) mass is 1340 g/mol. The van der Waals surface area contributed by atoms with Crippen LogP contribution in [0.3, 0.4) is 0 Å². The zero-order chi connectivity index (χ0) is 66.1. The van der Waals surface area contributed by atoms with Crippen LogP contribution in [0, 0.1) is 23.7 Å². The quantitative estimate of drug-likeness (QED) is 0.0292. The molecule has 6 aliphatic heterocycles. The van der Waals surface area contributed by atoms with Gasteiger partial charge in [-0.3, -0.25) is 0 Å². The van der Waals surface area contributed by atoms with Crippen molar-refractivity contribution < 1.29 is 98.3 Å². The van der Waals surface area contributed by atoms with Gasteiger partial charge in [0.1, 0.15) is 30.3 Å². The molecule has 2 amide bonds. The molecule has 92 heavy (non-hydrogen) atoms. The molecule has 0 aromatic heterocycles. The highest BCUT2D eigenvalue weighted by Crippen LogP contribution is 2.39. The minimum absolute atomic E-state index is 0.00613. The Bertz CT molecular complexity index is 3340. The lowest BCUT2D eigenvalue weighted by Gasteiger charge is -2.36. The Labute approximate surface area is 540 Å². The summed E-state index contributed by atoms with van der Waals surface area (Å²) in [4.78, 5) is 26.3. The van der Waals surface area contributed by atoms with Gasteiger partial charge in [-0.05, 0) is 115 Å². The fourth-order valence-corrected chi connectivity index (χ4v) is 15.5. The maximum atomic E-state index is 14.0. The molecule has 25 nitrogen and oxygen atoms in total. The maximum absolute atomic E-state index is 14.0. The van der Waals surface area contributed by atoms with E-state index in [-0.39, 0.29) is 110 Å². The molecule has 4 saturated heterocycles. The van der Waals surface area contributed by atoms with Crippen molar-refractivity contribution in [3.63, 3.8) is 0 Å². The van der Waals surface area contributed by atoms with E-state index in [4.69, 9.17) is 56.5 Å². The van der Waals surface area contributed by atoms with Gasteiger partial charge in [-0.15, -0.1) is 0 Å². The Hall–Kier alpha value is -6.02. The fraction of sp³-hybridized carbons (Fsp3) is 0.594. The highest BCUT2D eigenvalue weighted by molar-refractivity contribution is 7.89. The minimum Gasteiger partial charge on any atom is -0.508 e. The van der Waals surface area contributed by atoms with Crippen molar-refractivity contribution in [2.24, 2.45) is 23.7 Å². The average Bonchev–Trinajstić information content (AvgIpc) is 1.15. The minimum atomic E-state index is -4.07. The number of hydrogen-bond acceptors (Lipinski definition) is 21. The second kappa shape index (κ2) is 30.6. The third kappa shape index (κ3) is 18.1. The van der Waals surface area contributed by atoms with E-state index in [9.17, 15) is 41.7 Å². The second-order valence-electron chi connectivity index (χ2n) is 26.2. The van der Waals surface area contributed by atoms with E-state index in [2.05, 4.69) is 44.5 Å². The number of nitrogens with one attached hydrogen (secondary N) is 2. The number of ether oxygens (including phenoxy) is 11. The Kier molecular flexibility index (Phi) is 23.4. The van der Waals surface area contributed by atoms with Gasteiger partial charge in [-0.25, -0.2) is 26.4 Å². The van der Waals surface area contributed by atoms with Crippen LogP contribution in [0.4, 0.5) is 9.59 Å². The molecule has 0 aliphatic carbocycles. The van der Waals surface area contributed by atoms with E-state index >= 15 is 0 Å². The van der Waals surface area contributed by atoms with Crippen molar-refractivity contribution in [2.75, 3.05) is 79.4 Å². The van der Waals surface area contributed by atoms with Crippen molar-refractivity contribution in [2.45, 2.75) is 151 Å². The molecule has 4 aromatic rings. The molecule has 0 spiro atoms. The summed E-state index contributed by atoms with van der Waals surface area (Å²) < 4.78 is 125. The first-order valence-electron chi connectivity index (χ1n) is 31.3. The molecule has 5 N–H and O–H groups in total. The summed E-state index contributed by atoms with van der Waals surface area (Å²) in [6.45, 7) is 20.6. The van der Waals surface area contributed by atoms with E-state index in [1.165, 1.54) is 51.1 Å². The molecular weight excluding hydrogens is 1250 g/mol. The number of carbonyl (C=O) groups excluding carboxylic acids is 2. The highest BCUT2D eigenvalue weighted by atomic mass is 32.2. The summed E-state index contributed by atoms with van der Waals surface area (Å²) in [7, 11) is -10.0. The number of hydrogen-bond donors (Lipinski definition) is 5. The van der Waals surface area contributed by atoms with E-state index in [1.807, 2.05) is 52.0 Å². The molecule has 10 rings (SSSR count). The third-order valence-corrected chi connectivity index (χ3v) is 25.5. The van der Waals surface area contributed by atoms with Crippen LogP contribution in [0.15, 0.2) is 94.7 Å². The number of aromatic hydroxyl groups is 1. The standard InChI is InChI=1S/C36H54N2O11SSi.C28H36N2O10S/c1-24(2)20-38(50(41,42)27-12-13-31-32(19-27)47-23-46-31)21-30(39)29(37-35(40)49-33-22-45-34-28(33)14-15-44-34)18-25-8-10-26(11-9-25)43-16-17-48-51(6,7)36(3,4)5;1-17(2)13-30(41(34,35)20-7-8-24-25(12-20)39-16-38-24)14-23(32)22(11-18-3-5-19(31)6-4-18)29-28(33)40-26-15-37-27-21(26)9-10-36-27/h8-13,19,24,28-30,33-34,39H,14-18,20-23H2,1-7H3,(H,37,40);3-8,12,17,21-23,26-27,31-32H,9-11,13-16H2,1-2H3,(H,29,33)/t28-,29-,30+,33-,34+;21-,22-,23+,26-,27+/m00/s1. The van der Waals surface area contributed by atoms with E-state index in [1.54, 1.807) is 18.2 Å². The van der Waals surface area contributed by atoms with Crippen molar-refractivity contribution in [1.29, 1.82) is 0 Å². The zero-order valence-corrected chi connectivity index (χ0v) is 56.4. The third-order valence-electron chi connectivity index (χ3n) is 17.3. The number of phenolic OH excluding ortho intramolecular Hbond substituents is 1. The first-order valence-corrected chi connectivity index (χ1v) is 37.1. The summed E-state index contributed by atoms with van der Waals surface area (Å²) in [5.74, 6) is 2.10. The van der Waals surface area contributed by atoms with E-state index < -0.39 is 89.6 Å². The van der Waals surface area contributed by atoms with Gasteiger partial charge in [0.05, 0.1) is 79.0 Å². The van der Waals surface area contributed by atoms with Gasteiger partial charge in [-0.1, -0.05) is 72.7 Å². The fourth-order valence-electron chi connectivity index (χ4n) is 11.2. The van der Waals surface area contributed by atoms with Crippen LogP contribution in [0.5, 0.6) is 34.5 Å². The Balaban J connectivity index is 0.000000222. The lowest BCUT2D eigenvalue weighted by molar-refractivity contribution is -0.0909. The summed E-state index contributed by atoms with van der Waals surface area (Å²) in [6.07, 6.45) is -4.06. The number of benzene rings is 4. The van der Waals surface area contributed by atoms with E-state index in [0.717, 1.165) is 11.1 Å². The van der Waals surface area contributed by atoms with Gasteiger partial charge in [0, 0.05) is 38.3 Å². The molecule has 10 atom stereocenters. The van der Waals surface area contributed by atoms with Crippen LogP contribution in [-0.2, 0) is 65.7 Å². The summed E-state index contributed by atoms with van der Waals surface area (Å²) >= 11 is 0. The topological polar surface area (TPSA) is 304 Å². The lowest BCUT2D eigenvalue weighted by Crippen LogP contribution is -2.51. The molecule has 0 bridgehead atoms. The van der Waals surface area contributed by atoms with Gasteiger partial charge in [0.2, 0.25) is 33.6 Å². The SMILES string of the molecule is CC(C)CN(C[C@@H](O)[C@H](Cc1ccc(O)cc1)NC(=O)O[C@H]1CO[C@H]2OCC[C@H]21)S(=O)(=O)c1ccc2c(c1)OCO2.CC(C)CN(C[C@@H](O)[C@H](Cc1ccc(OCCO[Si](C)(C)C(C)(C)C)cc1)NC(=O)O[C@H]1CO[C@H]2OCC[C@H]21)S(=O)(=O)c1ccc2c(c1)OCO2. The van der Waals surface area contributed by atoms with Crippen molar-refractivity contribution in [1.82, 2.24) is 19.2 Å². The number of sulfonamides is 2. The van der Waals surface area contributed by atoms with Gasteiger partial charge >= 0.3 is 12.2 Å². The second-order valence-corrected chi connectivity index (χ2v) is 34.9. The summed E-state index contributed by atoms with van der Waals surface area (Å²) in [6, 6.07) is 20.7. The van der Waals surface area contributed by atoms with Crippen LogP contribution in [0.1, 0.15) is 72.4 Å². The first-order chi connectivity index (χ1) is 43.6. The number of rotatable bonds is 27. The van der Waals surface area contributed by atoms with Crippen LogP contribution < -0.4 is 34.3 Å². The molecule has 508 valence electrons. The predicted octanol–water partition coefficient (Wildman–Crippen LogP) is 7.15. The number of nitrogens with zero attached hydrogens (tertiary/aromatic N) is 2. The number of amides is 2. The molecule has 4 fully saturated rings. The maximum Gasteiger partial charge on any atom is 0.407 e. The van der Waals surface area contributed by atoms with Crippen LogP contribution in [0.25, 0.3) is 0 Å². The number of aliphatic hydroxyl groups is 2. The van der Waals surface area contributed by atoms with Gasteiger partial charge in [0.15, 0.2) is 43.9 Å². The Morgan fingerprint density at radius 3 is 1.45 bits per heavy atom. The number of alkyl carbamates (subject to hydrolysis) is 2. The van der Waals surface area contributed by atoms with Crippen LogP contribution in [-0.4, -0.2) is 190 Å². The smallest absolute Gasteiger partial charge is 0.407 e. The van der Waals surface area contributed by atoms with Gasteiger partial charge in [0.25, 0.3) is 0 Å². The largest absolute Gasteiger partial charge is 0.508 e. The van der Waals surface area contributed by atoms with E-state index in [0.29, 0.717) is 68.0 Å². The van der Waals surface area contributed by atoms with Gasteiger partial charge < -0.3 is 82.5 Å². The number of aliphatic hydroxyl groups excluding tert-OH is 2. The summed E-state index contributed by atoms with van der Waals surface area (Å²) in [5.41, 5.74) is 1.52. The predicted molar refractivity (Wildman–Crippen MR) is 337 cm³/mol. The molecule has 6 aliphatic rings. The number of fused-ring (bicyclic) bond motifs is 4. The summed E-state index contributed by atoms with van der Waals surface area (Å²) in [5, 5.41) is 38.5. The molecule has 0 unspecified atom stereocenters. The van der Waals surface area contributed by atoms with Crippen LogP contribution in [0.2, 0.25) is 18.1 Å². The number of carbonyl (C=O) groups is 2. The first kappa shape index (κ1) is 70.3. The Morgan fingerprint density at radius 1 is 0.598 bits per heavy atom. The molecular formula is C64H90N4O21S2Si.